The van der Waals surface area contributed by atoms with E-state index in [0.717, 1.165) is 16.7 Å². The van der Waals surface area contributed by atoms with Crippen molar-refractivity contribution in [1.82, 2.24) is 0 Å². The summed E-state index contributed by atoms with van der Waals surface area (Å²) in [6.45, 7) is 2.27. The zero-order chi connectivity index (χ0) is 24.9. The van der Waals surface area contributed by atoms with Crippen LogP contribution in [0.4, 0.5) is 16.2 Å². The number of nitrogens with zero attached hydrogens (tertiary/aromatic N) is 2. The average molecular weight is 511 g/mol. The first-order valence-electron chi connectivity index (χ1n) is 10.5. The number of hydrogen-bond donors (Lipinski definition) is 0. The molecule has 1 fully saturated rings. The minimum absolute atomic E-state index is 0.0113. The van der Waals surface area contributed by atoms with Gasteiger partial charge in [0, 0.05) is 12.1 Å². The molecule has 1 aliphatic rings. The smallest absolute Gasteiger partial charge is 0.298 e. The van der Waals surface area contributed by atoms with Crippen LogP contribution >= 0.6 is 23.4 Å². The summed E-state index contributed by atoms with van der Waals surface area (Å²) in [6, 6.07) is 18.0. The van der Waals surface area contributed by atoms with Crippen molar-refractivity contribution in [3.05, 3.63) is 97.9 Å². The molecule has 0 saturated carbocycles. The number of imide groups is 1. The topological polar surface area (TPSA) is 99.0 Å². The quantitative estimate of drug-likeness (QED) is 0.194. The zero-order valence-electron chi connectivity index (χ0n) is 18.5. The molecule has 3 aromatic carbocycles. The molecular formula is C25H19ClN2O6S. The number of nitro groups is 1. The van der Waals surface area contributed by atoms with E-state index in [9.17, 15) is 19.7 Å². The van der Waals surface area contributed by atoms with E-state index in [4.69, 9.17) is 21.1 Å². The lowest BCUT2D eigenvalue weighted by Crippen LogP contribution is -2.27. The number of para-hydroxylation sites is 1. The Balaban J connectivity index is 1.57. The minimum atomic E-state index is -0.470. The lowest BCUT2D eigenvalue weighted by Gasteiger charge is -2.15. The molecule has 10 heteroatoms. The predicted octanol–water partition coefficient (Wildman–Crippen LogP) is 6.47. The number of halogens is 1. The molecule has 1 heterocycles. The van der Waals surface area contributed by atoms with Gasteiger partial charge in [0.25, 0.3) is 16.8 Å². The van der Waals surface area contributed by atoms with Crippen LogP contribution in [-0.2, 0) is 11.4 Å². The Labute approximate surface area is 210 Å². The first-order chi connectivity index (χ1) is 16.9. The van der Waals surface area contributed by atoms with Crippen molar-refractivity contribution in [2.24, 2.45) is 0 Å². The standard InChI is InChI=1S/C25H19ClN2O6S/c1-2-33-21-13-17(14-22-24(29)27(25(30)35-22)18-6-4-3-5-7-18)12-20(26)23(21)34-15-16-8-10-19(11-9-16)28(31)32/h3-14H,2,15H2,1H3/b22-14-. The van der Waals surface area contributed by atoms with Crippen molar-refractivity contribution in [2.45, 2.75) is 13.5 Å². The van der Waals surface area contributed by atoms with Gasteiger partial charge in [-0.15, -0.1) is 0 Å². The summed E-state index contributed by atoms with van der Waals surface area (Å²) in [5, 5.41) is 10.7. The maximum Gasteiger partial charge on any atom is 0.298 e. The van der Waals surface area contributed by atoms with Gasteiger partial charge in [-0.2, -0.15) is 0 Å². The van der Waals surface area contributed by atoms with Gasteiger partial charge < -0.3 is 9.47 Å². The van der Waals surface area contributed by atoms with Crippen molar-refractivity contribution in [1.29, 1.82) is 0 Å². The fourth-order valence-electron chi connectivity index (χ4n) is 3.36. The van der Waals surface area contributed by atoms with Crippen LogP contribution in [0.2, 0.25) is 5.02 Å². The number of anilines is 1. The van der Waals surface area contributed by atoms with Crippen LogP contribution in [0.3, 0.4) is 0 Å². The van der Waals surface area contributed by atoms with Gasteiger partial charge in [-0.1, -0.05) is 29.8 Å². The Morgan fingerprint density at radius 2 is 1.77 bits per heavy atom. The highest BCUT2D eigenvalue weighted by Crippen LogP contribution is 2.40. The van der Waals surface area contributed by atoms with Gasteiger partial charge in [0.1, 0.15) is 6.61 Å². The summed E-state index contributed by atoms with van der Waals surface area (Å²) < 4.78 is 11.6. The van der Waals surface area contributed by atoms with Gasteiger partial charge in [0.05, 0.1) is 27.1 Å². The molecule has 178 valence electrons. The van der Waals surface area contributed by atoms with Gasteiger partial charge in [-0.3, -0.25) is 19.7 Å². The van der Waals surface area contributed by atoms with Crippen molar-refractivity contribution in [3.63, 3.8) is 0 Å². The van der Waals surface area contributed by atoms with E-state index in [1.165, 1.54) is 12.1 Å². The third-order valence-corrected chi connectivity index (χ3v) is 6.12. The largest absolute Gasteiger partial charge is 0.490 e. The molecule has 1 aliphatic heterocycles. The fraction of sp³-hybridized carbons (Fsp3) is 0.120. The number of carbonyl (C=O) groups excluding carboxylic acids is 2. The van der Waals surface area contributed by atoms with E-state index in [1.54, 1.807) is 60.7 Å². The Hall–Kier alpha value is -3.82. The number of hydrogen-bond acceptors (Lipinski definition) is 7. The summed E-state index contributed by atoms with van der Waals surface area (Å²) in [4.78, 5) is 37.1. The van der Waals surface area contributed by atoms with E-state index in [1.807, 2.05) is 6.92 Å². The normalized spacial score (nSPS) is 14.5. The third kappa shape index (κ3) is 5.47. The van der Waals surface area contributed by atoms with Crippen LogP contribution in [0.25, 0.3) is 6.08 Å². The summed E-state index contributed by atoms with van der Waals surface area (Å²) in [5.41, 5.74) is 1.77. The number of amides is 2. The Morgan fingerprint density at radius 3 is 2.43 bits per heavy atom. The molecular weight excluding hydrogens is 492 g/mol. The van der Waals surface area contributed by atoms with Crippen LogP contribution in [0.5, 0.6) is 11.5 Å². The number of carbonyl (C=O) groups is 2. The summed E-state index contributed by atoms with van der Waals surface area (Å²) in [7, 11) is 0. The van der Waals surface area contributed by atoms with E-state index in [2.05, 4.69) is 0 Å². The SMILES string of the molecule is CCOc1cc(/C=C2\SC(=O)N(c3ccccc3)C2=O)cc(Cl)c1OCc1ccc([N+](=O)[O-])cc1. The van der Waals surface area contributed by atoms with Crippen molar-refractivity contribution < 1.29 is 24.0 Å². The Bertz CT molecular complexity index is 1310. The molecule has 0 radical (unpaired) electrons. The minimum Gasteiger partial charge on any atom is -0.490 e. The number of nitro benzene ring substituents is 1. The third-order valence-electron chi connectivity index (χ3n) is 4.97. The summed E-state index contributed by atoms with van der Waals surface area (Å²) in [6.07, 6.45) is 1.59. The van der Waals surface area contributed by atoms with Crippen LogP contribution in [-0.4, -0.2) is 22.7 Å². The molecule has 0 bridgehead atoms. The maximum atomic E-state index is 12.9. The van der Waals surface area contributed by atoms with Gasteiger partial charge in [-0.25, -0.2) is 4.90 Å². The summed E-state index contributed by atoms with van der Waals surface area (Å²) >= 11 is 7.33. The number of benzene rings is 3. The molecule has 0 N–H and O–H groups in total. The van der Waals surface area contributed by atoms with Crippen LogP contribution in [0.1, 0.15) is 18.1 Å². The van der Waals surface area contributed by atoms with Gasteiger partial charge >= 0.3 is 0 Å². The van der Waals surface area contributed by atoms with Crippen LogP contribution in [0.15, 0.2) is 71.6 Å². The highest BCUT2D eigenvalue weighted by atomic mass is 35.5. The maximum absolute atomic E-state index is 12.9. The molecule has 35 heavy (non-hydrogen) atoms. The summed E-state index contributed by atoms with van der Waals surface area (Å²) in [5.74, 6) is 0.260. The average Bonchev–Trinajstić information content (AvgIpc) is 3.12. The number of thioether (sulfide) groups is 1. The second kappa shape index (κ2) is 10.6. The molecule has 0 aliphatic carbocycles. The predicted molar refractivity (Wildman–Crippen MR) is 135 cm³/mol. The van der Waals surface area contributed by atoms with Crippen LogP contribution < -0.4 is 14.4 Å². The highest BCUT2D eigenvalue weighted by Gasteiger charge is 2.36. The number of ether oxygens (including phenoxy) is 2. The van der Waals surface area contributed by atoms with E-state index < -0.39 is 10.8 Å². The molecule has 1 saturated heterocycles. The molecule has 0 aromatic heterocycles. The first-order valence-corrected chi connectivity index (χ1v) is 11.7. The molecule has 8 nitrogen and oxygen atoms in total. The zero-order valence-corrected chi connectivity index (χ0v) is 20.0. The van der Waals surface area contributed by atoms with Crippen LogP contribution in [0, 0.1) is 10.1 Å². The lowest BCUT2D eigenvalue weighted by atomic mass is 10.1. The van der Waals surface area contributed by atoms with Gasteiger partial charge in [-0.05, 0) is 72.3 Å². The van der Waals surface area contributed by atoms with Crippen molar-refractivity contribution in [2.75, 3.05) is 11.5 Å². The number of rotatable bonds is 8. The van der Waals surface area contributed by atoms with E-state index in [0.29, 0.717) is 34.9 Å². The molecule has 0 unspecified atom stereocenters. The Morgan fingerprint density at radius 1 is 1.06 bits per heavy atom. The fourth-order valence-corrected chi connectivity index (χ4v) is 4.48. The first kappa shape index (κ1) is 24.3. The van der Waals surface area contributed by atoms with Crippen molar-refractivity contribution in [3.8, 4) is 11.5 Å². The molecule has 2 amide bonds. The van der Waals surface area contributed by atoms with Gasteiger partial charge in [0.15, 0.2) is 11.5 Å². The molecule has 4 rings (SSSR count). The molecule has 0 spiro atoms. The van der Waals surface area contributed by atoms with E-state index >= 15 is 0 Å². The Kier molecular flexibility index (Phi) is 7.38. The highest BCUT2D eigenvalue weighted by molar-refractivity contribution is 8.19. The van der Waals surface area contributed by atoms with Gasteiger partial charge in [0.2, 0.25) is 0 Å². The molecule has 3 aromatic rings. The molecule has 0 atom stereocenters. The monoisotopic (exact) mass is 510 g/mol. The second-order valence-electron chi connectivity index (χ2n) is 7.33. The van der Waals surface area contributed by atoms with Crippen molar-refractivity contribution >= 4 is 52.0 Å². The lowest BCUT2D eigenvalue weighted by molar-refractivity contribution is -0.384. The number of non-ortho nitro benzene ring substituents is 1. The van der Waals surface area contributed by atoms with E-state index in [-0.39, 0.29) is 27.5 Å². The second-order valence-corrected chi connectivity index (χ2v) is 8.73.